The molecule has 2 aromatic heterocycles. The molecule has 14 heteroatoms. The number of carbonyl (C=O) groups excluding carboxylic acids is 4. The van der Waals surface area contributed by atoms with Gasteiger partial charge in [0.1, 0.15) is 5.00 Å². The van der Waals surface area contributed by atoms with E-state index in [1.807, 2.05) is 18.2 Å². The number of carboxylic acid groups (broad SMARTS) is 1. The number of carbonyl (C=O) groups is 5. The van der Waals surface area contributed by atoms with Crippen LogP contribution in [0.3, 0.4) is 0 Å². The Morgan fingerprint density at radius 2 is 1.75 bits per heavy atom. The molecule has 0 atom stereocenters. The Bertz CT molecular complexity index is 1970. The number of aromatic nitrogens is 2. The third-order valence-electron chi connectivity index (χ3n) is 9.63. The van der Waals surface area contributed by atoms with Crippen LogP contribution in [0, 0.1) is 0 Å². The molecule has 280 valence electrons. The van der Waals surface area contributed by atoms with Crippen LogP contribution in [-0.2, 0) is 33.9 Å². The van der Waals surface area contributed by atoms with Gasteiger partial charge in [-0.1, -0.05) is 37.6 Å². The topological polar surface area (TPSA) is 145 Å². The molecule has 3 amide bonds. The molecule has 0 spiro atoms. The van der Waals surface area contributed by atoms with Gasteiger partial charge in [0.25, 0.3) is 5.91 Å². The Morgan fingerprint density at radius 3 is 2.43 bits per heavy atom. The highest BCUT2D eigenvalue weighted by Crippen LogP contribution is 2.39. The number of carboxylic acids is 1. The number of anilines is 1. The fourth-order valence-electron chi connectivity index (χ4n) is 6.54. The summed E-state index contributed by atoms with van der Waals surface area (Å²) in [7, 11) is 1.69. The van der Waals surface area contributed by atoms with Crippen LogP contribution in [0.4, 0.5) is 5.00 Å². The zero-order valence-corrected chi connectivity index (χ0v) is 32.0. The van der Waals surface area contributed by atoms with Crippen molar-refractivity contribution in [3.8, 4) is 5.69 Å². The molecule has 5 rings (SSSR count). The van der Waals surface area contributed by atoms with E-state index < -0.39 is 5.97 Å². The maximum Gasteiger partial charge on any atom is 0.303 e. The fourth-order valence-corrected chi connectivity index (χ4v) is 7.93. The lowest BCUT2D eigenvalue weighted by Crippen LogP contribution is -2.41. The van der Waals surface area contributed by atoms with Gasteiger partial charge >= 0.3 is 5.97 Å². The van der Waals surface area contributed by atoms with Crippen LogP contribution >= 0.6 is 22.9 Å². The molecule has 0 radical (unpaired) electrons. The summed E-state index contributed by atoms with van der Waals surface area (Å²) in [5.41, 5.74) is 3.69. The van der Waals surface area contributed by atoms with E-state index in [0.717, 1.165) is 34.5 Å². The minimum Gasteiger partial charge on any atom is -0.481 e. The molecule has 2 N–H and O–H groups in total. The molecule has 4 aromatic rings. The number of hydrogen-bond acceptors (Lipinski definition) is 8. The molecule has 1 aliphatic heterocycles. The molecule has 0 saturated carbocycles. The quantitative estimate of drug-likeness (QED) is 0.127. The van der Waals surface area contributed by atoms with E-state index in [-0.39, 0.29) is 42.4 Å². The van der Waals surface area contributed by atoms with Gasteiger partial charge in [0.15, 0.2) is 5.78 Å². The molecule has 0 unspecified atom stereocenters. The van der Waals surface area contributed by atoms with Crippen LogP contribution in [0.2, 0.25) is 5.02 Å². The molecule has 2 aromatic carbocycles. The first kappa shape index (κ1) is 39.4. The maximum atomic E-state index is 14.2. The second-order valence-electron chi connectivity index (χ2n) is 13.2. The van der Waals surface area contributed by atoms with E-state index in [4.69, 9.17) is 16.7 Å². The minimum atomic E-state index is -1.00. The van der Waals surface area contributed by atoms with Crippen LogP contribution < -0.4 is 5.32 Å². The normalized spacial score (nSPS) is 12.5. The number of benzene rings is 2. The zero-order valence-electron chi connectivity index (χ0n) is 30.4. The van der Waals surface area contributed by atoms with Gasteiger partial charge in [-0.3, -0.25) is 28.9 Å². The molecule has 1 aliphatic rings. The average Bonchev–Trinajstić information content (AvgIpc) is 3.78. The van der Waals surface area contributed by atoms with Gasteiger partial charge in [-0.15, -0.1) is 11.3 Å². The summed E-state index contributed by atoms with van der Waals surface area (Å²) in [5, 5.41) is 17.4. The van der Waals surface area contributed by atoms with Crippen molar-refractivity contribution in [2.75, 3.05) is 32.0 Å². The Kier molecular flexibility index (Phi) is 13.2. The molecule has 0 fully saturated rings. The summed E-state index contributed by atoms with van der Waals surface area (Å²) in [6.45, 7) is 8.14. The van der Waals surface area contributed by atoms with Crippen molar-refractivity contribution in [2.45, 2.75) is 72.0 Å². The van der Waals surface area contributed by atoms with E-state index >= 15 is 0 Å². The SMILES string of the molecule is CCC(CC)N(CCN(C)C(=O)CCC(=O)O)Cc1cccc(C(=O)Nc2sc3c(c2C(=O)c2cnn(-c4ccc(Cl)cc4)c2)CCN(C(C)=O)C3)c1. The van der Waals surface area contributed by atoms with Crippen molar-refractivity contribution >= 4 is 57.4 Å². The minimum absolute atomic E-state index is 0.0451. The van der Waals surface area contributed by atoms with Gasteiger partial charge < -0.3 is 20.2 Å². The number of likely N-dealkylation sites (N-methyl/N-ethyl adjacent to an activating group) is 1. The van der Waals surface area contributed by atoms with E-state index in [1.54, 1.807) is 58.1 Å². The summed E-state index contributed by atoms with van der Waals surface area (Å²) >= 11 is 7.37. The predicted molar refractivity (Wildman–Crippen MR) is 205 cm³/mol. The van der Waals surface area contributed by atoms with Gasteiger partial charge in [-0.25, -0.2) is 4.68 Å². The third-order valence-corrected chi connectivity index (χ3v) is 11.0. The Labute approximate surface area is 318 Å². The van der Waals surface area contributed by atoms with Gasteiger partial charge in [0, 0.05) is 74.3 Å². The number of aliphatic carboxylic acids is 1. The molecule has 0 bridgehead atoms. The van der Waals surface area contributed by atoms with Crippen molar-refractivity contribution in [1.29, 1.82) is 0 Å². The smallest absolute Gasteiger partial charge is 0.303 e. The Balaban J connectivity index is 1.37. The largest absolute Gasteiger partial charge is 0.481 e. The Hall–Kier alpha value is -4.85. The number of fused-ring (bicyclic) bond motifs is 1. The number of nitrogens with zero attached hydrogens (tertiary/aromatic N) is 5. The summed E-state index contributed by atoms with van der Waals surface area (Å²) in [5.74, 6) is -1.90. The first-order chi connectivity index (χ1) is 25.4. The van der Waals surface area contributed by atoms with Gasteiger partial charge in [-0.05, 0) is 66.8 Å². The molecule has 0 saturated heterocycles. The lowest BCUT2D eigenvalue weighted by molar-refractivity contribution is -0.140. The molecular formula is C39H45ClN6O6S. The van der Waals surface area contributed by atoms with Crippen molar-refractivity contribution in [3.05, 3.63) is 98.6 Å². The second kappa shape index (κ2) is 17.8. The third kappa shape index (κ3) is 9.78. The molecule has 12 nitrogen and oxygen atoms in total. The molecule has 3 heterocycles. The number of nitrogens with one attached hydrogen (secondary N) is 1. The van der Waals surface area contributed by atoms with Crippen LogP contribution in [0.25, 0.3) is 5.69 Å². The number of halogens is 1. The number of rotatable bonds is 16. The summed E-state index contributed by atoms with van der Waals surface area (Å²) in [4.78, 5) is 70.2. The lowest BCUT2D eigenvalue weighted by Gasteiger charge is -2.32. The molecule has 53 heavy (non-hydrogen) atoms. The lowest BCUT2D eigenvalue weighted by atomic mass is 9.97. The first-order valence-corrected chi connectivity index (χ1v) is 18.9. The van der Waals surface area contributed by atoms with Crippen LogP contribution in [0.5, 0.6) is 0 Å². The predicted octanol–water partition coefficient (Wildman–Crippen LogP) is 6.29. The highest BCUT2D eigenvalue weighted by molar-refractivity contribution is 7.17. The molecular weight excluding hydrogens is 716 g/mol. The summed E-state index contributed by atoms with van der Waals surface area (Å²) in [6, 6.07) is 14.7. The average molecular weight is 761 g/mol. The number of amides is 3. The van der Waals surface area contributed by atoms with Crippen molar-refractivity contribution in [3.63, 3.8) is 0 Å². The molecule has 0 aliphatic carbocycles. The monoisotopic (exact) mass is 760 g/mol. The Morgan fingerprint density at radius 1 is 1.02 bits per heavy atom. The van der Waals surface area contributed by atoms with Crippen molar-refractivity contribution < 1.29 is 29.1 Å². The second-order valence-corrected chi connectivity index (χ2v) is 14.7. The van der Waals surface area contributed by atoms with Crippen LogP contribution in [0.15, 0.2) is 60.9 Å². The van der Waals surface area contributed by atoms with Gasteiger partial charge in [0.2, 0.25) is 11.8 Å². The van der Waals surface area contributed by atoms with E-state index in [0.29, 0.717) is 65.9 Å². The van der Waals surface area contributed by atoms with E-state index in [2.05, 4.69) is 29.2 Å². The maximum absolute atomic E-state index is 14.2. The highest BCUT2D eigenvalue weighted by Gasteiger charge is 2.31. The van der Waals surface area contributed by atoms with Crippen LogP contribution in [0.1, 0.15) is 88.7 Å². The first-order valence-electron chi connectivity index (χ1n) is 17.7. The number of thiophene rings is 1. The summed E-state index contributed by atoms with van der Waals surface area (Å²) < 4.78 is 1.60. The van der Waals surface area contributed by atoms with Gasteiger partial charge in [-0.2, -0.15) is 5.10 Å². The van der Waals surface area contributed by atoms with Gasteiger partial charge in [0.05, 0.1) is 36.0 Å². The van der Waals surface area contributed by atoms with Crippen LogP contribution in [-0.4, -0.2) is 91.8 Å². The van der Waals surface area contributed by atoms with Crippen molar-refractivity contribution in [2.24, 2.45) is 0 Å². The van der Waals surface area contributed by atoms with E-state index in [1.165, 1.54) is 24.5 Å². The highest BCUT2D eigenvalue weighted by atomic mass is 35.5. The standard InChI is InChI=1S/C39H45ClN6O6S/c1-5-30(6-2)45(19-18-43(4)34(48)14-15-35(49)50)22-26-8-7-9-27(20-26)38(52)42-39-36(32-16-17-44(25(3)47)24-33(32)53-39)37(51)28-21-41-46(23-28)31-12-10-29(40)11-13-31/h7-13,20-21,23,30H,5-6,14-19,22,24H2,1-4H3,(H,42,52)(H,49,50). The number of hydrogen-bond donors (Lipinski definition) is 2. The van der Waals surface area contributed by atoms with E-state index in [9.17, 15) is 24.0 Å². The zero-order chi connectivity index (χ0) is 38.2. The van der Waals surface area contributed by atoms with Crippen molar-refractivity contribution in [1.82, 2.24) is 24.5 Å². The fraction of sp³-hybridized carbons (Fsp3) is 0.385. The number of ketones is 1. The summed E-state index contributed by atoms with van der Waals surface area (Å²) in [6.07, 6.45) is 5.19.